The number of amides is 1. The Morgan fingerprint density at radius 2 is 2.05 bits per heavy atom. The molecular weight excluding hydrogens is 264 g/mol. The number of hydrogen-bond donors (Lipinski definition) is 2. The minimum Gasteiger partial charge on any atom is -0.397 e. The van der Waals surface area contributed by atoms with Gasteiger partial charge in [-0.3, -0.25) is 14.7 Å². The Morgan fingerprint density at radius 1 is 1.38 bits per heavy atom. The lowest BCUT2D eigenvalue weighted by Crippen LogP contribution is -2.51. The predicted molar refractivity (Wildman–Crippen MR) is 84.8 cm³/mol. The molecule has 5 heteroatoms. The molecule has 1 aromatic rings. The van der Waals surface area contributed by atoms with E-state index in [1.807, 2.05) is 0 Å². The fourth-order valence-electron chi connectivity index (χ4n) is 2.68. The molecule has 1 aliphatic heterocycles. The highest BCUT2D eigenvalue weighted by Gasteiger charge is 2.27. The Labute approximate surface area is 126 Å². The molecule has 3 N–H and O–H groups in total. The van der Waals surface area contributed by atoms with Gasteiger partial charge in [-0.1, -0.05) is 0 Å². The minimum absolute atomic E-state index is 0.0430. The van der Waals surface area contributed by atoms with Crippen LogP contribution in [-0.2, 0) is 11.2 Å². The summed E-state index contributed by atoms with van der Waals surface area (Å²) in [6, 6.07) is 3.86. The summed E-state index contributed by atoms with van der Waals surface area (Å²) < 4.78 is 0. The van der Waals surface area contributed by atoms with Crippen LogP contribution in [0.1, 0.15) is 39.3 Å². The van der Waals surface area contributed by atoms with Crippen LogP contribution in [0.3, 0.4) is 0 Å². The van der Waals surface area contributed by atoms with Gasteiger partial charge in [-0.15, -0.1) is 0 Å². The smallest absolute Gasteiger partial charge is 0.226 e. The van der Waals surface area contributed by atoms with Crippen molar-refractivity contribution < 1.29 is 4.79 Å². The van der Waals surface area contributed by atoms with Crippen molar-refractivity contribution in [2.75, 3.05) is 18.8 Å². The summed E-state index contributed by atoms with van der Waals surface area (Å²) in [6.07, 6.45) is 3.93. The Bertz CT molecular complexity index is 470. The predicted octanol–water partition coefficient (Wildman–Crippen LogP) is 1.59. The molecule has 2 heterocycles. The Hall–Kier alpha value is -1.62. The summed E-state index contributed by atoms with van der Waals surface area (Å²) in [5.41, 5.74) is 7.18. The minimum atomic E-state index is 0.0430. The highest BCUT2D eigenvalue weighted by Crippen LogP contribution is 2.20. The van der Waals surface area contributed by atoms with Gasteiger partial charge in [0.05, 0.1) is 18.3 Å². The van der Waals surface area contributed by atoms with E-state index in [4.69, 9.17) is 5.73 Å². The van der Waals surface area contributed by atoms with Crippen LogP contribution in [0.4, 0.5) is 5.69 Å². The molecule has 2 rings (SSSR count). The number of pyridine rings is 1. The second-order valence-corrected chi connectivity index (χ2v) is 6.76. The first-order chi connectivity index (χ1) is 9.84. The van der Waals surface area contributed by atoms with Gasteiger partial charge in [0, 0.05) is 30.4 Å². The van der Waals surface area contributed by atoms with Crippen molar-refractivity contribution in [2.24, 2.45) is 0 Å². The fraction of sp³-hybridized carbons (Fsp3) is 0.625. The standard InChI is InChI=1S/C16H26N4O/c1-16(2,3)20-8-6-13(7-9-20)19-15(21)10-14-5-4-12(17)11-18-14/h4-5,11,13H,6-10,17H2,1-3H3,(H,19,21). The van der Waals surface area contributed by atoms with Crippen LogP contribution in [0.5, 0.6) is 0 Å². The van der Waals surface area contributed by atoms with Gasteiger partial charge in [-0.2, -0.15) is 0 Å². The monoisotopic (exact) mass is 290 g/mol. The van der Waals surface area contributed by atoms with Gasteiger partial charge in [0.1, 0.15) is 0 Å². The molecule has 0 aromatic carbocycles. The van der Waals surface area contributed by atoms with E-state index >= 15 is 0 Å². The Kier molecular flexibility index (Phi) is 4.83. The zero-order valence-electron chi connectivity index (χ0n) is 13.2. The van der Waals surface area contributed by atoms with Crippen LogP contribution in [0.2, 0.25) is 0 Å². The summed E-state index contributed by atoms with van der Waals surface area (Å²) in [7, 11) is 0. The summed E-state index contributed by atoms with van der Waals surface area (Å²) in [5, 5.41) is 3.12. The van der Waals surface area contributed by atoms with Gasteiger partial charge in [0.15, 0.2) is 0 Å². The molecule has 0 radical (unpaired) electrons. The summed E-state index contributed by atoms with van der Waals surface area (Å²) in [5.74, 6) is 0.0430. The van der Waals surface area contributed by atoms with E-state index in [9.17, 15) is 4.79 Å². The Morgan fingerprint density at radius 3 is 2.57 bits per heavy atom. The van der Waals surface area contributed by atoms with Crippen LogP contribution < -0.4 is 11.1 Å². The third-order valence-electron chi connectivity index (χ3n) is 4.00. The highest BCUT2D eigenvalue weighted by atomic mass is 16.1. The quantitative estimate of drug-likeness (QED) is 0.887. The molecule has 116 valence electrons. The van der Waals surface area contributed by atoms with Gasteiger partial charge in [0.25, 0.3) is 0 Å². The molecule has 1 saturated heterocycles. The molecule has 0 spiro atoms. The lowest BCUT2D eigenvalue weighted by atomic mass is 9.98. The molecule has 21 heavy (non-hydrogen) atoms. The fourth-order valence-corrected chi connectivity index (χ4v) is 2.68. The van der Waals surface area contributed by atoms with Gasteiger partial charge in [-0.25, -0.2) is 0 Å². The molecule has 1 fully saturated rings. The molecule has 1 aliphatic rings. The number of carbonyl (C=O) groups excluding carboxylic acids is 1. The van der Waals surface area contributed by atoms with Crippen molar-refractivity contribution in [1.29, 1.82) is 0 Å². The van der Waals surface area contributed by atoms with E-state index in [1.54, 1.807) is 18.3 Å². The second-order valence-electron chi connectivity index (χ2n) is 6.76. The zero-order valence-corrected chi connectivity index (χ0v) is 13.2. The van der Waals surface area contributed by atoms with Crippen LogP contribution in [-0.4, -0.2) is 40.5 Å². The number of piperidine rings is 1. The van der Waals surface area contributed by atoms with Gasteiger partial charge >= 0.3 is 0 Å². The molecule has 0 atom stereocenters. The summed E-state index contributed by atoms with van der Waals surface area (Å²) >= 11 is 0. The maximum absolute atomic E-state index is 12.0. The molecule has 0 bridgehead atoms. The van der Waals surface area contributed by atoms with E-state index < -0.39 is 0 Å². The number of anilines is 1. The van der Waals surface area contributed by atoms with Crippen molar-refractivity contribution >= 4 is 11.6 Å². The van der Waals surface area contributed by atoms with E-state index in [-0.39, 0.29) is 17.5 Å². The maximum atomic E-state index is 12.0. The van der Waals surface area contributed by atoms with Crippen molar-refractivity contribution in [3.05, 3.63) is 24.0 Å². The maximum Gasteiger partial charge on any atom is 0.226 e. The second kappa shape index (κ2) is 6.43. The average Bonchev–Trinajstić information content (AvgIpc) is 2.41. The highest BCUT2D eigenvalue weighted by molar-refractivity contribution is 5.78. The topological polar surface area (TPSA) is 71.2 Å². The molecule has 0 saturated carbocycles. The van der Waals surface area contributed by atoms with E-state index in [0.717, 1.165) is 31.6 Å². The summed E-state index contributed by atoms with van der Waals surface area (Å²) in [6.45, 7) is 8.78. The molecule has 0 aliphatic carbocycles. The van der Waals surface area contributed by atoms with Gasteiger partial charge in [0.2, 0.25) is 5.91 Å². The number of likely N-dealkylation sites (tertiary alicyclic amines) is 1. The Balaban J connectivity index is 1.78. The zero-order chi connectivity index (χ0) is 15.5. The number of rotatable bonds is 3. The van der Waals surface area contributed by atoms with Crippen LogP contribution in [0.25, 0.3) is 0 Å². The number of hydrogen-bond acceptors (Lipinski definition) is 4. The SMILES string of the molecule is CC(C)(C)N1CCC(NC(=O)Cc2ccc(N)cn2)CC1. The lowest BCUT2D eigenvalue weighted by Gasteiger charge is -2.41. The van der Waals surface area contributed by atoms with Gasteiger partial charge < -0.3 is 11.1 Å². The first kappa shape index (κ1) is 15.8. The number of nitrogens with two attached hydrogens (primary N) is 1. The number of carbonyl (C=O) groups is 1. The largest absolute Gasteiger partial charge is 0.397 e. The number of aromatic nitrogens is 1. The van der Waals surface area contributed by atoms with E-state index in [2.05, 4.69) is 36.0 Å². The molecular formula is C16H26N4O. The normalized spacial score (nSPS) is 17.7. The summed E-state index contributed by atoms with van der Waals surface area (Å²) in [4.78, 5) is 18.7. The van der Waals surface area contributed by atoms with Crippen LogP contribution >= 0.6 is 0 Å². The van der Waals surface area contributed by atoms with E-state index in [0.29, 0.717) is 12.1 Å². The molecule has 0 unspecified atom stereocenters. The van der Waals surface area contributed by atoms with E-state index in [1.165, 1.54) is 0 Å². The third-order valence-corrected chi connectivity index (χ3v) is 4.00. The van der Waals surface area contributed by atoms with Crippen molar-refractivity contribution in [1.82, 2.24) is 15.2 Å². The molecule has 5 nitrogen and oxygen atoms in total. The lowest BCUT2D eigenvalue weighted by molar-refractivity contribution is -0.121. The number of nitrogen functional groups attached to an aromatic ring is 1. The molecule has 1 aromatic heterocycles. The number of nitrogens with one attached hydrogen (secondary N) is 1. The number of nitrogens with zero attached hydrogens (tertiary/aromatic N) is 2. The average molecular weight is 290 g/mol. The van der Waals surface area contributed by atoms with Crippen molar-refractivity contribution in [3.63, 3.8) is 0 Å². The van der Waals surface area contributed by atoms with Crippen LogP contribution in [0.15, 0.2) is 18.3 Å². The third kappa shape index (κ3) is 4.70. The van der Waals surface area contributed by atoms with Crippen molar-refractivity contribution in [2.45, 2.75) is 51.6 Å². The van der Waals surface area contributed by atoms with Crippen molar-refractivity contribution in [3.8, 4) is 0 Å². The van der Waals surface area contributed by atoms with Gasteiger partial charge in [-0.05, 0) is 45.7 Å². The first-order valence-electron chi connectivity index (χ1n) is 7.59. The first-order valence-corrected chi connectivity index (χ1v) is 7.59. The molecule has 1 amide bonds. The van der Waals surface area contributed by atoms with Crippen LogP contribution in [0, 0.1) is 0 Å².